The summed E-state index contributed by atoms with van der Waals surface area (Å²) in [7, 11) is 1.88. The van der Waals surface area contributed by atoms with Crippen LogP contribution in [-0.2, 0) is 20.0 Å². The molecule has 0 saturated heterocycles. The Bertz CT molecular complexity index is 648. The molecule has 1 aromatic carbocycles. The minimum atomic E-state index is -0.158. The van der Waals surface area contributed by atoms with Crippen LogP contribution in [-0.4, -0.2) is 15.7 Å². The van der Waals surface area contributed by atoms with Gasteiger partial charge in [-0.3, -0.25) is 15.3 Å². The van der Waals surface area contributed by atoms with E-state index in [2.05, 4.69) is 15.8 Å². The number of carbonyl (C=O) groups is 1. The van der Waals surface area contributed by atoms with Gasteiger partial charge in [-0.25, -0.2) is 0 Å². The van der Waals surface area contributed by atoms with Gasteiger partial charge in [0.05, 0.1) is 16.9 Å². The number of aromatic nitrogens is 2. The number of nitrogens with one attached hydrogen (secondary N) is 2. The molecule has 6 heteroatoms. The van der Waals surface area contributed by atoms with Crippen LogP contribution in [0.15, 0.2) is 24.4 Å². The molecular formula is C15H21N5O. The molecule has 21 heavy (non-hydrogen) atoms. The van der Waals surface area contributed by atoms with Crippen LogP contribution in [0.4, 0.5) is 5.69 Å². The van der Waals surface area contributed by atoms with Crippen LogP contribution in [0.5, 0.6) is 0 Å². The van der Waals surface area contributed by atoms with Crippen molar-refractivity contribution in [2.45, 2.75) is 26.8 Å². The van der Waals surface area contributed by atoms with Crippen molar-refractivity contribution < 1.29 is 4.79 Å². The summed E-state index contributed by atoms with van der Waals surface area (Å²) in [5.74, 6) is 5.31. The number of rotatable bonds is 5. The van der Waals surface area contributed by atoms with Crippen molar-refractivity contribution in [1.29, 1.82) is 0 Å². The number of nitrogens with zero attached hydrogens (tertiary/aromatic N) is 2. The van der Waals surface area contributed by atoms with Gasteiger partial charge in [0.15, 0.2) is 0 Å². The number of carbonyl (C=O) groups excluding carboxylic acids is 1. The van der Waals surface area contributed by atoms with E-state index in [4.69, 9.17) is 5.84 Å². The number of hydrogen-bond donors (Lipinski definition) is 3. The maximum absolute atomic E-state index is 12.3. The largest absolute Gasteiger partial charge is 0.348 e. The maximum atomic E-state index is 12.3. The molecule has 0 saturated carbocycles. The summed E-state index contributed by atoms with van der Waals surface area (Å²) in [6.45, 7) is 4.45. The molecule has 4 N–H and O–H groups in total. The van der Waals surface area contributed by atoms with Crippen molar-refractivity contribution in [2.24, 2.45) is 12.9 Å². The SMILES string of the molecule is CCc1nn(C)cc1CNC(=O)c1ccc(C)cc1NN. The fourth-order valence-corrected chi connectivity index (χ4v) is 2.28. The van der Waals surface area contributed by atoms with E-state index < -0.39 is 0 Å². The van der Waals surface area contributed by atoms with Gasteiger partial charge in [-0.1, -0.05) is 13.0 Å². The van der Waals surface area contributed by atoms with Crippen LogP contribution in [0.3, 0.4) is 0 Å². The second-order valence-corrected chi connectivity index (χ2v) is 5.00. The fourth-order valence-electron chi connectivity index (χ4n) is 2.28. The topological polar surface area (TPSA) is 85.0 Å². The van der Waals surface area contributed by atoms with E-state index in [1.807, 2.05) is 39.2 Å². The van der Waals surface area contributed by atoms with Crippen molar-refractivity contribution in [2.75, 3.05) is 5.43 Å². The Morgan fingerprint density at radius 1 is 1.43 bits per heavy atom. The highest BCUT2D eigenvalue weighted by molar-refractivity contribution is 5.99. The highest BCUT2D eigenvalue weighted by atomic mass is 16.1. The van der Waals surface area contributed by atoms with Crippen LogP contribution >= 0.6 is 0 Å². The van der Waals surface area contributed by atoms with Gasteiger partial charge in [0.2, 0.25) is 0 Å². The van der Waals surface area contributed by atoms with E-state index in [1.165, 1.54) is 0 Å². The quantitative estimate of drug-likeness (QED) is 0.575. The first-order valence-corrected chi connectivity index (χ1v) is 6.92. The highest BCUT2D eigenvalue weighted by Crippen LogP contribution is 2.16. The lowest BCUT2D eigenvalue weighted by atomic mass is 10.1. The monoisotopic (exact) mass is 287 g/mol. The molecule has 0 aliphatic heterocycles. The highest BCUT2D eigenvalue weighted by Gasteiger charge is 2.12. The van der Waals surface area contributed by atoms with Crippen molar-refractivity contribution in [3.63, 3.8) is 0 Å². The lowest BCUT2D eigenvalue weighted by Gasteiger charge is -2.10. The molecule has 1 heterocycles. The van der Waals surface area contributed by atoms with Gasteiger partial charge in [-0.2, -0.15) is 5.10 Å². The normalized spacial score (nSPS) is 10.5. The van der Waals surface area contributed by atoms with E-state index in [9.17, 15) is 4.79 Å². The summed E-state index contributed by atoms with van der Waals surface area (Å²) in [5, 5.41) is 7.27. The second kappa shape index (κ2) is 6.41. The molecule has 1 amide bonds. The molecule has 0 unspecified atom stereocenters. The Hall–Kier alpha value is -2.34. The van der Waals surface area contributed by atoms with Crippen LogP contribution in [0.1, 0.15) is 34.1 Å². The van der Waals surface area contributed by atoms with Gasteiger partial charge in [-0.05, 0) is 31.0 Å². The van der Waals surface area contributed by atoms with Gasteiger partial charge in [0.1, 0.15) is 0 Å². The molecule has 0 bridgehead atoms. The first-order valence-electron chi connectivity index (χ1n) is 6.92. The van der Waals surface area contributed by atoms with Gasteiger partial charge < -0.3 is 10.7 Å². The third-order valence-electron chi connectivity index (χ3n) is 3.34. The Morgan fingerprint density at radius 3 is 2.86 bits per heavy atom. The molecule has 0 aliphatic rings. The van der Waals surface area contributed by atoms with Gasteiger partial charge in [0, 0.05) is 25.4 Å². The van der Waals surface area contributed by atoms with E-state index in [0.29, 0.717) is 17.8 Å². The Morgan fingerprint density at radius 2 is 2.19 bits per heavy atom. The molecule has 2 rings (SSSR count). The number of hydrogen-bond acceptors (Lipinski definition) is 4. The molecule has 112 valence electrons. The Labute approximate surface area is 124 Å². The van der Waals surface area contributed by atoms with Gasteiger partial charge in [0.25, 0.3) is 5.91 Å². The van der Waals surface area contributed by atoms with E-state index in [1.54, 1.807) is 10.7 Å². The molecule has 0 aliphatic carbocycles. The standard InChI is InChI=1S/C15H21N5O/c1-4-13-11(9-20(3)19-13)8-17-15(21)12-6-5-10(2)7-14(12)18-16/h5-7,9,18H,4,8,16H2,1-3H3,(H,17,21). The van der Waals surface area contributed by atoms with Crippen LogP contribution in [0, 0.1) is 6.92 Å². The summed E-state index contributed by atoms with van der Waals surface area (Å²) in [6.07, 6.45) is 2.77. The zero-order valence-electron chi connectivity index (χ0n) is 12.6. The predicted octanol–water partition coefficient (Wildman–Crippen LogP) is 1.51. The second-order valence-electron chi connectivity index (χ2n) is 5.00. The van der Waals surface area contributed by atoms with Crippen molar-refractivity contribution >= 4 is 11.6 Å². The molecule has 6 nitrogen and oxygen atoms in total. The van der Waals surface area contributed by atoms with E-state index in [-0.39, 0.29) is 5.91 Å². The summed E-state index contributed by atoms with van der Waals surface area (Å²) in [4.78, 5) is 12.3. The zero-order chi connectivity index (χ0) is 15.4. The lowest BCUT2D eigenvalue weighted by molar-refractivity contribution is 0.0951. The first-order chi connectivity index (χ1) is 10.0. The average molecular weight is 287 g/mol. The molecular weight excluding hydrogens is 266 g/mol. The van der Waals surface area contributed by atoms with Gasteiger partial charge >= 0.3 is 0 Å². The molecule has 0 atom stereocenters. The number of nitrogen functional groups attached to an aromatic ring is 1. The van der Waals surface area contributed by atoms with Crippen LogP contribution < -0.4 is 16.6 Å². The Balaban J connectivity index is 2.11. The maximum Gasteiger partial charge on any atom is 0.253 e. The third kappa shape index (κ3) is 3.41. The molecule has 0 fully saturated rings. The van der Waals surface area contributed by atoms with E-state index >= 15 is 0 Å². The number of nitrogens with two attached hydrogens (primary N) is 1. The lowest BCUT2D eigenvalue weighted by Crippen LogP contribution is -2.25. The predicted molar refractivity (Wildman–Crippen MR) is 82.7 cm³/mol. The zero-order valence-corrected chi connectivity index (χ0v) is 12.6. The van der Waals surface area contributed by atoms with Crippen molar-refractivity contribution in [3.05, 3.63) is 46.8 Å². The van der Waals surface area contributed by atoms with Crippen LogP contribution in [0.25, 0.3) is 0 Å². The van der Waals surface area contributed by atoms with Crippen LogP contribution in [0.2, 0.25) is 0 Å². The summed E-state index contributed by atoms with van der Waals surface area (Å²) in [6, 6.07) is 5.50. The number of anilines is 1. The smallest absolute Gasteiger partial charge is 0.253 e. The summed E-state index contributed by atoms with van der Waals surface area (Å²) >= 11 is 0. The summed E-state index contributed by atoms with van der Waals surface area (Å²) < 4.78 is 1.76. The Kier molecular flexibility index (Phi) is 4.59. The molecule has 0 radical (unpaired) electrons. The minimum absolute atomic E-state index is 0.158. The molecule has 0 spiro atoms. The number of benzene rings is 1. The fraction of sp³-hybridized carbons (Fsp3) is 0.333. The summed E-state index contributed by atoms with van der Waals surface area (Å²) in [5.41, 5.74) is 6.79. The first kappa shape index (κ1) is 15.1. The average Bonchev–Trinajstić information content (AvgIpc) is 2.84. The molecule has 2 aromatic rings. The van der Waals surface area contributed by atoms with Crippen molar-refractivity contribution in [3.8, 4) is 0 Å². The van der Waals surface area contributed by atoms with Gasteiger partial charge in [-0.15, -0.1) is 0 Å². The van der Waals surface area contributed by atoms with E-state index in [0.717, 1.165) is 23.2 Å². The number of aryl methyl sites for hydroxylation is 3. The molecule has 1 aromatic heterocycles. The number of amides is 1. The minimum Gasteiger partial charge on any atom is -0.348 e. The number of hydrazine groups is 1. The third-order valence-corrected chi connectivity index (χ3v) is 3.34. The van der Waals surface area contributed by atoms with Crippen molar-refractivity contribution in [1.82, 2.24) is 15.1 Å².